The first-order valence-electron chi connectivity index (χ1n) is 5.98. The Balaban J connectivity index is 2.29. The predicted molar refractivity (Wildman–Crippen MR) is 77.6 cm³/mol. The molecule has 0 saturated heterocycles. The lowest BCUT2D eigenvalue weighted by Crippen LogP contribution is -2.08. The van der Waals surface area contributed by atoms with Crippen LogP contribution in [0.5, 0.6) is 11.5 Å². The molecular formula is C16H17NO2+. The van der Waals surface area contributed by atoms with Gasteiger partial charge in [-0.2, -0.15) is 0 Å². The SMILES string of the molecule is C=C[N+](c1ccc(OC)cc1)c1ccc(OC)cc1. The van der Waals surface area contributed by atoms with Gasteiger partial charge in [0.2, 0.25) is 0 Å². The zero-order valence-corrected chi connectivity index (χ0v) is 11.2. The highest BCUT2D eigenvalue weighted by atomic mass is 16.5. The molecule has 0 aromatic heterocycles. The Hall–Kier alpha value is -2.26. The lowest BCUT2D eigenvalue weighted by atomic mass is 10.2. The third kappa shape index (κ3) is 2.95. The summed E-state index contributed by atoms with van der Waals surface area (Å²) >= 11 is 0. The van der Waals surface area contributed by atoms with Crippen molar-refractivity contribution >= 4 is 11.4 Å². The van der Waals surface area contributed by atoms with Gasteiger partial charge in [0.15, 0.2) is 11.4 Å². The first-order chi connectivity index (χ1) is 9.28. The van der Waals surface area contributed by atoms with Gasteiger partial charge >= 0.3 is 0 Å². The van der Waals surface area contributed by atoms with Crippen LogP contribution >= 0.6 is 0 Å². The number of rotatable bonds is 5. The van der Waals surface area contributed by atoms with Crippen LogP contribution in [0.25, 0.3) is 0 Å². The third-order valence-corrected chi connectivity index (χ3v) is 2.88. The molecule has 0 fully saturated rings. The fourth-order valence-electron chi connectivity index (χ4n) is 1.85. The second-order valence-electron chi connectivity index (χ2n) is 3.95. The van der Waals surface area contributed by atoms with Crippen LogP contribution in [0.3, 0.4) is 0 Å². The molecule has 0 aliphatic carbocycles. The number of hydrogen-bond acceptors (Lipinski definition) is 3. The average molecular weight is 255 g/mol. The topological polar surface area (TPSA) is 24.4 Å². The van der Waals surface area contributed by atoms with Crippen molar-refractivity contribution < 1.29 is 9.47 Å². The number of nitrogens with zero attached hydrogens (tertiary/aromatic N) is 1. The smallest absolute Gasteiger partial charge is 0.192 e. The van der Waals surface area contributed by atoms with E-state index in [0.717, 1.165) is 22.9 Å². The van der Waals surface area contributed by atoms with E-state index >= 15 is 0 Å². The molecule has 2 rings (SSSR count). The Morgan fingerprint density at radius 1 is 0.789 bits per heavy atom. The highest BCUT2D eigenvalue weighted by Crippen LogP contribution is 2.28. The van der Waals surface area contributed by atoms with Gasteiger partial charge < -0.3 is 9.47 Å². The molecule has 0 unspecified atom stereocenters. The van der Waals surface area contributed by atoms with E-state index in [9.17, 15) is 0 Å². The highest BCUT2D eigenvalue weighted by Gasteiger charge is 2.18. The zero-order chi connectivity index (χ0) is 13.7. The Labute approximate surface area is 113 Å². The molecule has 97 valence electrons. The van der Waals surface area contributed by atoms with Gasteiger partial charge in [-0.1, -0.05) is 4.90 Å². The molecular weight excluding hydrogens is 238 g/mol. The van der Waals surface area contributed by atoms with E-state index in [1.54, 1.807) is 20.4 Å². The molecule has 0 aliphatic heterocycles. The summed E-state index contributed by atoms with van der Waals surface area (Å²) in [6.45, 7) is 3.86. The van der Waals surface area contributed by atoms with Gasteiger partial charge in [0.1, 0.15) is 17.7 Å². The van der Waals surface area contributed by atoms with Gasteiger partial charge in [-0.15, -0.1) is 0 Å². The minimum absolute atomic E-state index is 0.836. The van der Waals surface area contributed by atoms with Crippen molar-refractivity contribution in [3.63, 3.8) is 0 Å². The van der Waals surface area contributed by atoms with Crippen molar-refractivity contribution in [2.24, 2.45) is 0 Å². The Morgan fingerprint density at radius 2 is 1.16 bits per heavy atom. The van der Waals surface area contributed by atoms with E-state index in [-0.39, 0.29) is 0 Å². The normalized spacial score (nSPS) is 10.3. The Morgan fingerprint density at radius 3 is 1.42 bits per heavy atom. The van der Waals surface area contributed by atoms with Crippen molar-refractivity contribution in [2.75, 3.05) is 14.2 Å². The number of methoxy groups -OCH3 is 2. The molecule has 3 heteroatoms. The summed E-state index contributed by atoms with van der Waals surface area (Å²) in [5, 5.41) is 0. The number of anilines is 2. The number of hydrogen-bond donors (Lipinski definition) is 0. The maximum absolute atomic E-state index is 5.16. The minimum Gasteiger partial charge on any atom is -0.497 e. The van der Waals surface area contributed by atoms with Crippen LogP contribution in [0, 0.1) is 0 Å². The number of benzene rings is 2. The molecule has 0 amide bonds. The molecule has 1 radical (unpaired) electrons. The van der Waals surface area contributed by atoms with Crippen LogP contribution in [0.15, 0.2) is 61.3 Å². The fraction of sp³-hybridized carbons (Fsp3) is 0.125. The molecule has 3 nitrogen and oxygen atoms in total. The quantitative estimate of drug-likeness (QED) is 0.755. The van der Waals surface area contributed by atoms with E-state index in [2.05, 4.69) is 6.58 Å². The largest absolute Gasteiger partial charge is 0.497 e. The maximum atomic E-state index is 5.16. The lowest BCUT2D eigenvalue weighted by molar-refractivity contribution is 0.414. The molecule has 0 spiro atoms. The third-order valence-electron chi connectivity index (χ3n) is 2.88. The van der Waals surface area contributed by atoms with Crippen molar-refractivity contribution in [1.82, 2.24) is 4.90 Å². The molecule has 19 heavy (non-hydrogen) atoms. The molecule has 0 saturated carbocycles. The Kier molecular flexibility index (Phi) is 4.21. The van der Waals surface area contributed by atoms with E-state index in [1.165, 1.54) is 0 Å². The van der Waals surface area contributed by atoms with Gasteiger partial charge in [-0.25, -0.2) is 0 Å². The summed E-state index contributed by atoms with van der Waals surface area (Å²) in [5.41, 5.74) is 2.06. The van der Waals surface area contributed by atoms with Crippen LogP contribution in [0.1, 0.15) is 0 Å². The van der Waals surface area contributed by atoms with Crippen molar-refractivity contribution in [2.45, 2.75) is 0 Å². The molecule has 2 aromatic carbocycles. The summed E-state index contributed by atoms with van der Waals surface area (Å²) in [4.78, 5) is 2.00. The van der Waals surface area contributed by atoms with E-state index in [4.69, 9.17) is 9.47 Å². The van der Waals surface area contributed by atoms with Crippen LogP contribution in [-0.4, -0.2) is 14.2 Å². The van der Waals surface area contributed by atoms with Crippen LogP contribution < -0.4 is 14.4 Å². The second kappa shape index (κ2) is 6.07. The molecule has 2 aromatic rings. The van der Waals surface area contributed by atoms with Gasteiger partial charge in [0, 0.05) is 24.3 Å². The van der Waals surface area contributed by atoms with Crippen molar-refractivity contribution in [3.05, 3.63) is 61.3 Å². The summed E-state index contributed by atoms with van der Waals surface area (Å²) in [5.74, 6) is 1.67. The Bertz CT molecular complexity index is 484. The standard InChI is InChI=1S/C16H17NO2/c1-4-17(13-5-9-15(18-2)10-6-13)14-7-11-16(19-3)12-8-14/h4-12H,1H2,2-3H3/q+1. The molecule has 0 heterocycles. The molecule has 0 aliphatic rings. The van der Waals surface area contributed by atoms with Gasteiger partial charge in [-0.05, 0) is 30.8 Å². The van der Waals surface area contributed by atoms with E-state index in [0.29, 0.717) is 0 Å². The predicted octanol–water partition coefficient (Wildman–Crippen LogP) is 3.95. The second-order valence-corrected chi connectivity index (χ2v) is 3.95. The van der Waals surface area contributed by atoms with Crippen molar-refractivity contribution in [3.8, 4) is 11.5 Å². The van der Waals surface area contributed by atoms with Gasteiger partial charge in [-0.3, -0.25) is 0 Å². The van der Waals surface area contributed by atoms with Crippen LogP contribution in [0.4, 0.5) is 11.4 Å². The summed E-state index contributed by atoms with van der Waals surface area (Å²) in [7, 11) is 3.31. The molecule has 0 atom stereocenters. The summed E-state index contributed by atoms with van der Waals surface area (Å²) in [6, 6.07) is 15.7. The van der Waals surface area contributed by atoms with Gasteiger partial charge in [0.05, 0.1) is 14.2 Å². The monoisotopic (exact) mass is 255 g/mol. The molecule has 0 bridgehead atoms. The van der Waals surface area contributed by atoms with Crippen LogP contribution in [0.2, 0.25) is 0 Å². The molecule has 0 N–H and O–H groups in total. The van der Waals surface area contributed by atoms with Crippen LogP contribution in [-0.2, 0) is 0 Å². The summed E-state index contributed by atoms with van der Waals surface area (Å²) in [6.07, 6.45) is 1.78. The van der Waals surface area contributed by atoms with E-state index < -0.39 is 0 Å². The van der Waals surface area contributed by atoms with Crippen molar-refractivity contribution in [1.29, 1.82) is 0 Å². The summed E-state index contributed by atoms with van der Waals surface area (Å²) < 4.78 is 10.3. The first-order valence-corrected chi connectivity index (χ1v) is 5.98. The first kappa shape index (κ1) is 13.2. The fourth-order valence-corrected chi connectivity index (χ4v) is 1.85. The highest BCUT2D eigenvalue weighted by molar-refractivity contribution is 5.56. The van der Waals surface area contributed by atoms with E-state index in [1.807, 2.05) is 53.4 Å². The number of ether oxygens (including phenoxy) is 2. The lowest BCUT2D eigenvalue weighted by Gasteiger charge is -2.07. The maximum Gasteiger partial charge on any atom is 0.192 e. The zero-order valence-electron chi connectivity index (χ0n) is 11.2. The van der Waals surface area contributed by atoms with Gasteiger partial charge in [0.25, 0.3) is 0 Å². The minimum atomic E-state index is 0.836. The average Bonchev–Trinajstić information content (AvgIpc) is 2.49.